The van der Waals surface area contributed by atoms with Crippen LogP contribution in [0.25, 0.3) is 0 Å². The van der Waals surface area contributed by atoms with Crippen molar-refractivity contribution < 1.29 is 14.2 Å². The van der Waals surface area contributed by atoms with Gasteiger partial charge < -0.3 is 19.5 Å². The average molecular weight is 378 g/mol. The monoisotopic (exact) mass is 377 g/mol. The van der Waals surface area contributed by atoms with Gasteiger partial charge in [0.1, 0.15) is 0 Å². The van der Waals surface area contributed by atoms with Gasteiger partial charge in [-0.1, -0.05) is 20.8 Å². The Morgan fingerprint density at radius 1 is 0.926 bits per heavy atom. The Morgan fingerprint density at radius 3 is 2.48 bits per heavy atom. The zero-order valence-electron chi connectivity index (χ0n) is 18.0. The van der Waals surface area contributed by atoms with Crippen molar-refractivity contribution in [2.24, 2.45) is 22.7 Å². The average Bonchev–Trinajstić information content (AvgIpc) is 3.23. The highest BCUT2D eigenvalue weighted by Crippen LogP contribution is 2.69. The highest BCUT2D eigenvalue weighted by molar-refractivity contribution is 5.18. The molecule has 3 saturated heterocycles. The second-order valence-electron chi connectivity index (χ2n) is 11.4. The summed E-state index contributed by atoms with van der Waals surface area (Å²) < 4.78 is 19.9. The maximum Gasteiger partial charge on any atom is 0.163 e. The zero-order chi connectivity index (χ0) is 19.1. The molecule has 5 fully saturated rings. The van der Waals surface area contributed by atoms with Gasteiger partial charge in [0, 0.05) is 17.4 Å². The third-order valence-corrected chi connectivity index (χ3v) is 9.59. The van der Waals surface area contributed by atoms with Gasteiger partial charge in [0.15, 0.2) is 5.79 Å². The van der Waals surface area contributed by atoms with E-state index in [0.717, 1.165) is 26.1 Å². The van der Waals surface area contributed by atoms with Crippen molar-refractivity contribution >= 4 is 0 Å². The fraction of sp³-hybridized carbons (Fsp3) is 1.00. The number of rotatable bonds is 0. The van der Waals surface area contributed by atoms with Crippen LogP contribution in [0.1, 0.15) is 79.6 Å². The molecule has 3 aliphatic heterocycles. The van der Waals surface area contributed by atoms with Crippen molar-refractivity contribution in [3.8, 4) is 0 Å². The standard InChI is InChI=1S/C23H39NO3/c1-16-6-7-17-20(4)15-25-19(2,3)26-18(20)8-9-21(17,5)23(16)11-10-22(27-23)12-13-24-14-22/h16-18,24H,6-15H2,1-5H3/t16-,17?,18+,20+,21+,22?,23-/m1/s1. The van der Waals surface area contributed by atoms with Gasteiger partial charge in [0.25, 0.3) is 0 Å². The molecule has 5 rings (SSSR count). The molecule has 4 heteroatoms. The maximum absolute atomic E-state index is 7.24. The minimum atomic E-state index is -0.443. The predicted octanol–water partition coefficient (Wildman–Crippen LogP) is 4.27. The minimum Gasteiger partial charge on any atom is -0.366 e. The molecule has 3 heterocycles. The van der Waals surface area contributed by atoms with Crippen molar-refractivity contribution in [3.05, 3.63) is 0 Å². The Morgan fingerprint density at radius 2 is 1.74 bits per heavy atom. The van der Waals surface area contributed by atoms with Gasteiger partial charge in [-0.2, -0.15) is 0 Å². The maximum atomic E-state index is 7.24. The molecule has 2 spiro atoms. The quantitative estimate of drug-likeness (QED) is 0.684. The van der Waals surface area contributed by atoms with Crippen LogP contribution in [-0.4, -0.2) is 42.8 Å². The molecule has 0 bridgehead atoms. The van der Waals surface area contributed by atoms with Crippen LogP contribution in [0, 0.1) is 22.7 Å². The summed E-state index contributed by atoms with van der Waals surface area (Å²) in [5.41, 5.74) is 0.445. The Bertz CT molecular complexity index is 615. The molecule has 4 nitrogen and oxygen atoms in total. The summed E-state index contributed by atoms with van der Waals surface area (Å²) in [6.07, 6.45) is 8.88. The van der Waals surface area contributed by atoms with E-state index in [1.165, 1.54) is 38.5 Å². The molecular weight excluding hydrogens is 338 g/mol. The summed E-state index contributed by atoms with van der Waals surface area (Å²) in [7, 11) is 0. The topological polar surface area (TPSA) is 39.7 Å². The molecule has 7 atom stereocenters. The van der Waals surface area contributed by atoms with Gasteiger partial charge in [-0.15, -0.1) is 0 Å². The summed E-state index contributed by atoms with van der Waals surface area (Å²) >= 11 is 0. The van der Waals surface area contributed by atoms with E-state index in [4.69, 9.17) is 14.2 Å². The lowest BCUT2D eigenvalue weighted by atomic mass is 9.43. The van der Waals surface area contributed by atoms with Crippen LogP contribution in [0.4, 0.5) is 0 Å². The lowest BCUT2D eigenvalue weighted by Crippen LogP contribution is -2.68. The molecule has 1 N–H and O–H groups in total. The van der Waals surface area contributed by atoms with Crippen LogP contribution < -0.4 is 5.32 Å². The second-order valence-corrected chi connectivity index (χ2v) is 11.4. The molecule has 154 valence electrons. The lowest BCUT2D eigenvalue weighted by Gasteiger charge is -2.67. The molecule has 0 radical (unpaired) electrons. The third kappa shape index (κ3) is 2.42. The van der Waals surface area contributed by atoms with E-state index in [9.17, 15) is 0 Å². The summed E-state index contributed by atoms with van der Waals surface area (Å²) in [6.45, 7) is 14.6. The van der Waals surface area contributed by atoms with Gasteiger partial charge in [0.2, 0.25) is 0 Å². The van der Waals surface area contributed by atoms with Crippen LogP contribution in [0.5, 0.6) is 0 Å². The molecule has 0 aromatic rings. The number of ether oxygens (including phenoxy) is 3. The summed E-state index contributed by atoms with van der Waals surface area (Å²) in [5.74, 6) is 0.808. The molecular formula is C23H39NO3. The Balaban J connectivity index is 1.51. The van der Waals surface area contributed by atoms with Crippen molar-refractivity contribution in [3.63, 3.8) is 0 Å². The SMILES string of the molecule is C[C@@H]1CCC2[C@]3(C)COC(C)(C)O[C@H]3CC[C@]2(C)[C@@]12CCC1(CCNC1)O2. The first-order valence-corrected chi connectivity index (χ1v) is 11.4. The third-order valence-electron chi connectivity index (χ3n) is 9.59. The van der Waals surface area contributed by atoms with E-state index in [1.54, 1.807) is 0 Å². The molecule has 0 aromatic carbocycles. The summed E-state index contributed by atoms with van der Waals surface area (Å²) in [5, 5.41) is 3.57. The lowest BCUT2D eigenvalue weighted by molar-refractivity contribution is -0.358. The van der Waals surface area contributed by atoms with Crippen molar-refractivity contribution in [2.45, 2.75) is 103 Å². The van der Waals surface area contributed by atoms with Gasteiger partial charge in [0.05, 0.1) is 23.9 Å². The number of nitrogens with one attached hydrogen (secondary N) is 1. The van der Waals surface area contributed by atoms with Crippen LogP contribution in [-0.2, 0) is 14.2 Å². The first-order chi connectivity index (χ1) is 12.7. The van der Waals surface area contributed by atoms with Crippen LogP contribution in [0.2, 0.25) is 0 Å². The van der Waals surface area contributed by atoms with Crippen LogP contribution in [0.15, 0.2) is 0 Å². The van der Waals surface area contributed by atoms with Gasteiger partial charge in [-0.3, -0.25) is 0 Å². The Hall–Kier alpha value is -0.160. The smallest absolute Gasteiger partial charge is 0.163 e. The molecule has 2 aliphatic carbocycles. The van der Waals surface area contributed by atoms with Gasteiger partial charge >= 0.3 is 0 Å². The van der Waals surface area contributed by atoms with Crippen molar-refractivity contribution in [1.82, 2.24) is 5.32 Å². The highest BCUT2D eigenvalue weighted by atomic mass is 16.7. The van der Waals surface area contributed by atoms with E-state index in [0.29, 0.717) is 17.9 Å². The minimum absolute atomic E-state index is 0.0306. The molecule has 5 aliphatic rings. The predicted molar refractivity (Wildman–Crippen MR) is 106 cm³/mol. The van der Waals surface area contributed by atoms with E-state index in [2.05, 4.69) is 39.9 Å². The fourth-order valence-electron chi connectivity index (χ4n) is 8.02. The number of hydrogen-bond acceptors (Lipinski definition) is 4. The molecule has 0 amide bonds. The summed E-state index contributed by atoms with van der Waals surface area (Å²) in [4.78, 5) is 0. The summed E-state index contributed by atoms with van der Waals surface area (Å²) in [6, 6.07) is 0. The van der Waals surface area contributed by atoms with Gasteiger partial charge in [-0.25, -0.2) is 0 Å². The molecule has 2 saturated carbocycles. The van der Waals surface area contributed by atoms with E-state index >= 15 is 0 Å². The largest absolute Gasteiger partial charge is 0.366 e. The van der Waals surface area contributed by atoms with E-state index < -0.39 is 5.79 Å². The van der Waals surface area contributed by atoms with E-state index in [-0.39, 0.29) is 22.0 Å². The molecule has 2 unspecified atom stereocenters. The zero-order valence-corrected chi connectivity index (χ0v) is 18.0. The molecule has 0 aromatic heterocycles. The first-order valence-electron chi connectivity index (χ1n) is 11.4. The Labute approximate surface area is 165 Å². The van der Waals surface area contributed by atoms with Crippen molar-refractivity contribution in [2.75, 3.05) is 19.7 Å². The number of hydrogen-bond donors (Lipinski definition) is 1. The van der Waals surface area contributed by atoms with Crippen LogP contribution in [0.3, 0.4) is 0 Å². The highest BCUT2D eigenvalue weighted by Gasteiger charge is 2.70. The van der Waals surface area contributed by atoms with Gasteiger partial charge in [-0.05, 0) is 77.2 Å². The van der Waals surface area contributed by atoms with E-state index in [1.807, 2.05) is 0 Å². The number of fused-ring (bicyclic) bond motifs is 4. The fourth-order valence-corrected chi connectivity index (χ4v) is 8.02. The van der Waals surface area contributed by atoms with Crippen molar-refractivity contribution in [1.29, 1.82) is 0 Å². The first kappa shape index (κ1) is 18.8. The second kappa shape index (κ2) is 5.71. The molecule has 27 heavy (non-hydrogen) atoms. The van der Waals surface area contributed by atoms with Crippen LogP contribution >= 0.6 is 0 Å². The Kier molecular flexibility index (Phi) is 3.99. The normalized spacial score (nSPS) is 57.0.